The average molecular weight is 253 g/mol. The topological polar surface area (TPSA) is 29.9 Å². The van der Waals surface area contributed by atoms with E-state index in [2.05, 4.69) is 34.9 Å². The van der Waals surface area contributed by atoms with Crippen LogP contribution in [-0.4, -0.2) is 33.6 Å². The maximum atomic E-state index is 4.54. The molecule has 4 heteroatoms. The van der Waals surface area contributed by atoms with Crippen LogP contribution in [0.5, 0.6) is 0 Å². The second kappa shape index (κ2) is 6.45. The monoisotopic (exact) mass is 253 g/mol. The van der Waals surface area contributed by atoms with Crippen LogP contribution in [0.25, 0.3) is 0 Å². The third-order valence-electron chi connectivity index (χ3n) is 3.22. The first kappa shape index (κ1) is 13.0. The van der Waals surface area contributed by atoms with Crippen LogP contribution in [0.15, 0.2) is 6.20 Å². The summed E-state index contributed by atoms with van der Waals surface area (Å²) < 4.78 is 2.32. The number of nitrogens with zero attached hydrogens (tertiary/aromatic N) is 2. The van der Waals surface area contributed by atoms with Crippen LogP contribution in [0, 0.1) is 6.92 Å². The van der Waals surface area contributed by atoms with Gasteiger partial charge in [-0.1, -0.05) is 6.92 Å². The van der Waals surface area contributed by atoms with Crippen LogP contribution in [-0.2, 0) is 13.0 Å². The lowest BCUT2D eigenvalue weighted by Gasteiger charge is -2.24. The third-order valence-corrected chi connectivity index (χ3v) is 4.20. The molecule has 0 bridgehead atoms. The molecule has 0 spiro atoms. The number of rotatable bonds is 6. The van der Waals surface area contributed by atoms with E-state index in [4.69, 9.17) is 0 Å². The summed E-state index contributed by atoms with van der Waals surface area (Å²) in [6, 6.07) is 0.641. The van der Waals surface area contributed by atoms with E-state index in [1.165, 1.54) is 30.2 Å². The number of fused-ring (bicyclic) bond motifs is 1. The molecule has 1 aliphatic heterocycles. The lowest BCUT2D eigenvalue weighted by atomic mass is 10.1. The van der Waals surface area contributed by atoms with Crippen molar-refractivity contribution in [1.29, 1.82) is 0 Å². The van der Waals surface area contributed by atoms with Crippen LogP contribution in [0.1, 0.15) is 31.3 Å². The molecule has 0 aliphatic carbocycles. The number of imidazole rings is 1. The number of aryl methyl sites for hydroxylation is 2. The highest BCUT2D eigenvalue weighted by molar-refractivity contribution is 7.99. The predicted octanol–water partition coefficient (Wildman–Crippen LogP) is 2.24. The van der Waals surface area contributed by atoms with Gasteiger partial charge in [-0.2, -0.15) is 11.8 Å². The van der Waals surface area contributed by atoms with Gasteiger partial charge in [-0.05, 0) is 37.8 Å². The Morgan fingerprint density at radius 2 is 2.47 bits per heavy atom. The molecule has 0 radical (unpaired) electrons. The smallest absolute Gasteiger partial charge is 0.109 e. The van der Waals surface area contributed by atoms with E-state index < -0.39 is 0 Å². The highest BCUT2D eigenvalue weighted by atomic mass is 32.2. The van der Waals surface area contributed by atoms with E-state index in [-0.39, 0.29) is 0 Å². The Labute approximate surface area is 108 Å². The zero-order valence-corrected chi connectivity index (χ0v) is 11.7. The van der Waals surface area contributed by atoms with Gasteiger partial charge in [0.2, 0.25) is 0 Å². The molecule has 2 rings (SSSR count). The van der Waals surface area contributed by atoms with Crippen LogP contribution in [0.3, 0.4) is 0 Å². The first-order chi connectivity index (χ1) is 8.29. The quantitative estimate of drug-likeness (QED) is 0.789. The van der Waals surface area contributed by atoms with Gasteiger partial charge in [0.15, 0.2) is 0 Å². The van der Waals surface area contributed by atoms with Crippen LogP contribution in [0.4, 0.5) is 0 Å². The lowest BCUT2D eigenvalue weighted by molar-refractivity contribution is 0.381. The second-order valence-corrected chi connectivity index (χ2v) is 6.08. The molecule has 17 heavy (non-hydrogen) atoms. The molecule has 0 saturated heterocycles. The maximum absolute atomic E-state index is 4.54. The zero-order valence-electron chi connectivity index (χ0n) is 10.9. The van der Waals surface area contributed by atoms with Gasteiger partial charge in [0.1, 0.15) is 5.82 Å². The van der Waals surface area contributed by atoms with Gasteiger partial charge >= 0.3 is 0 Å². The highest BCUT2D eigenvalue weighted by Gasteiger charge is 2.18. The number of hydrogen-bond donors (Lipinski definition) is 1. The Balaban J connectivity index is 1.71. The van der Waals surface area contributed by atoms with Gasteiger partial charge in [0.25, 0.3) is 0 Å². The fourth-order valence-electron chi connectivity index (χ4n) is 2.38. The third kappa shape index (κ3) is 3.75. The molecule has 2 heterocycles. The maximum Gasteiger partial charge on any atom is 0.109 e. The van der Waals surface area contributed by atoms with Crippen molar-refractivity contribution in [1.82, 2.24) is 14.9 Å². The summed E-state index contributed by atoms with van der Waals surface area (Å²) in [5.41, 5.74) is 1.15. The molecule has 1 aliphatic rings. The molecule has 3 nitrogen and oxygen atoms in total. The SMILES string of the molecule is CCSCCCN[C@@H]1CCc2nc(C)cn2C1. The standard InChI is InChI=1S/C13H23N3S/c1-3-17-8-4-7-14-12-5-6-13-15-11(2)9-16(13)10-12/h9,12,14H,3-8,10H2,1-2H3/t12-/m1/s1. The lowest BCUT2D eigenvalue weighted by Crippen LogP contribution is -2.37. The minimum atomic E-state index is 0.641. The Morgan fingerprint density at radius 1 is 1.59 bits per heavy atom. The largest absolute Gasteiger partial charge is 0.333 e. The van der Waals surface area contributed by atoms with Gasteiger partial charge in [0, 0.05) is 25.2 Å². The first-order valence-corrected chi connectivity index (χ1v) is 7.79. The van der Waals surface area contributed by atoms with Crippen LogP contribution < -0.4 is 5.32 Å². The second-order valence-electron chi connectivity index (χ2n) is 4.69. The fraction of sp³-hybridized carbons (Fsp3) is 0.769. The molecule has 0 unspecified atom stereocenters. The van der Waals surface area contributed by atoms with E-state index in [0.29, 0.717) is 6.04 Å². The van der Waals surface area contributed by atoms with Crippen LogP contribution in [0.2, 0.25) is 0 Å². The fourth-order valence-corrected chi connectivity index (χ4v) is 3.01. The van der Waals surface area contributed by atoms with Crippen molar-refractivity contribution in [3.63, 3.8) is 0 Å². The van der Waals surface area contributed by atoms with Crippen molar-refractivity contribution >= 4 is 11.8 Å². The Kier molecular flexibility index (Phi) is 4.92. The summed E-state index contributed by atoms with van der Waals surface area (Å²) in [5, 5.41) is 3.67. The molecule has 1 atom stereocenters. The molecule has 0 amide bonds. The van der Waals surface area contributed by atoms with E-state index in [9.17, 15) is 0 Å². The first-order valence-electron chi connectivity index (χ1n) is 6.63. The van der Waals surface area contributed by atoms with E-state index in [0.717, 1.165) is 25.2 Å². The van der Waals surface area contributed by atoms with Crippen molar-refractivity contribution in [2.45, 2.75) is 45.7 Å². The molecule has 0 aromatic carbocycles. The molecule has 1 aromatic heterocycles. The van der Waals surface area contributed by atoms with Crippen molar-refractivity contribution < 1.29 is 0 Å². The molecule has 1 N–H and O–H groups in total. The minimum Gasteiger partial charge on any atom is -0.333 e. The Hall–Kier alpha value is -0.480. The van der Waals surface area contributed by atoms with Crippen molar-refractivity contribution in [2.24, 2.45) is 0 Å². The minimum absolute atomic E-state index is 0.641. The molecule has 0 saturated carbocycles. The van der Waals surface area contributed by atoms with E-state index in [1.54, 1.807) is 0 Å². The normalized spacial score (nSPS) is 19.3. The number of aromatic nitrogens is 2. The number of thioether (sulfide) groups is 1. The summed E-state index contributed by atoms with van der Waals surface area (Å²) in [4.78, 5) is 4.54. The highest BCUT2D eigenvalue weighted by Crippen LogP contribution is 2.15. The summed E-state index contributed by atoms with van der Waals surface area (Å²) in [6.45, 7) is 6.55. The summed E-state index contributed by atoms with van der Waals surface area (Å²) in [7, 11) is 0. The van der Waals surface area contributed by atoms with Gasteiger partial charge in [0.05, 0.1) is 5.69 Å². The molecular weight excluding hydrogens is 230 g/mol. The average Bonchev–Trinajstić information content (AvgIpc) is 2.68. The summed E-state index contributed by atoms with van der Waals surface area (Å²) in [6.07, 6.45) is 5.81. The Bertz CT molecular complexity index is 348. The van der Waals surface area contributed by atoms with Crippen molar-refractivity contribution in [2.75, 3.05) is 18.1 Å². The van der Waals surface area contributed by atoms with Gasteiger partial charge < -0.3 is 9.88 Å². The van der Waals surface area contributed by atoms with Gasteiger partial charge in [-0.3, -0.25) is 0 Å². The van der Waals surface area contributed by atoms with Crippen LogP contribution >= 0.6 is 11.8 Å². The number of hydrogen-bond acceptors (Lipinski definition) is 3. The molecule has 1 aromatic rings. The van der Waals surface area contributed by atoms with Crippen molar-refractivity contribution in [3.05, 3.63) is 17.7 Å². The van der Waals surface area contributed by atoms with Crippen molar-refractivity contribution in [3.8, 4) is 0 Å². The molecule has 0 fully saturated rings. The predicted molar refractivity (Wildman–Crippen MR) is 74.7 cm³/mol. The summed E-state index contributed by atoms with van der Waals surface area (Å²) >= 11 is 2.03. The summed E-state index contributed by atoms with van der Waals surface area (Å²) in [5.74, 6) is 3.79. The molecule has 96 valence electrons. The zero-order chi connectivity index (χ0) is 12.1. The van der Waals surface area contributed by atoms with E-state index in [1.807, 2.05) is 11.8 Å². The van der Waals surface area contributed by atoms with Gasteiger partial charge in [-0.15, -0.1) is 0 Å². The van der Waals surface area contributed by atoms with E-state index >= 15 is 0 Å². The number of nitrogens with one attached hydrogen (secondary N) is 1. The van der Waals surface area contributed by atoms with Gasteiger partial charge in [-0.25, -0.2) is 4.98 Å². The Morgan fingerprint density at radius 3 is 3.29 bits per heavy atom. The molecular formula is C13H23N3S.